The Morgan fingerprint density at radius 3 is 3.00 bits per heavy atom. The molecule has 0 saturated heterocycles. The van der Waals surface area contributed by atoms with Crippen LogP contribution in [-0.4, -0.2) is 23.1 Å². The molecule has 1 aliphatic rings. The molecular formula is C12H19N3O2. The molecule has 1 saturated carbocycles. The van der Waals surface area contributed by atoms with E-state index in [0.717, 1.165) is 18.5 Å². The van der Waals surface area contributed by atoms with Crippen molar-refractivity contribution in [3.05, 3.63) is 18.0 Å². The van der Waals surface area contributed by atoms with Gasteiger partial charge in [0.15, 0.2) is 0 Å². The van der Waals surface area contributed by atoms with E-state index in [9.17, 15) is 4.79 Å². The SMILES string of the molecule is CC(NCc1ccon1)C(=O)NC1CCCC1. The second-order valence-electron chi connectivity index (χ2n) is 4.58. The molecule has 1 atom stereocenters. The number of amides is 1. The van der Waals surface area contributed by atoms with Crippen LogP contribution in [0.1, 0.15) is 38.3 Å². The summed E-state index contributed by atoms with van der Waals surface area (Å²) in [5.74, 6) is 0.0698. The molecule has 0 spiro atoms. The highest BCUT2D eigenvalue weighted by Crippen LogP contribution is 2.17. The van der Waals surface area contributed by atoms with Crippen molar-refractivity contribution in [1.29, 1.82) is 0 Å². The molecule has 1 unspecified atom stereocenters. The Labute approximate surface area is 101 Å². The van der Waals surface area contributed by atoms with Gasteiger partial charge in [-0.2, -0.15) is 0 Å². The van der Waals surface area contributed by atoms with Crippen molar-refractivity contribution in [2.24, 2.45) is 0 Å². The lowest BCUT2D eigenvalue weighted by molar-refractivity contribution is -0.123. The molecule has 0 bridgehead atoms. The van der Waals surface area contributed by atoms with Gasteiger partial charge in [-0.25, -0.2) is 0 Å². The quantitative estimate of drug-likeness (QED) is 0.807. The summed E-state index contributed by atoms with van der Waals surface area (Å²) in [5, 5.41) is 9.97. The number of carbonyl (C=O) groups excluding carboxylic acids is 1. The van der Waals surface area contributed by atoms with Gasteiger partial charge in [-0.3, -0.25) is 4.79 Å². The van der Waals surface area contributed by atoms with Gasteiger partial charge in [0.25, 0.3) is 0 Å². The van der Waals surface area contributed by atoms with Gasteiger partial charge >= 0.3 is 0 Å². The highest BCUT2D eigenvalue weighted by molar-refractivity contribution is 5.81. The fourth-order valence-corrected chi connectivity index (χ4v) is 2.08. The molecule has 1 heterocycles. The monoisotopic (exact) mass is 237 g/mol. The Morgan fingerprint density at radius 1 is 1.59 bits per heavy atom. The highest BCUT2D eigenvalue weighted by atomic mass is 16.5. The predicted octanol–water partition coefficient (Wildman–Crippen LogP) is 1.21. The molecule has 5 heteroatoms. The Morgan fingerprint density at radius 2 is 2.35 bits per heavy atom. The molecular weight excluding hydrogens is 218 g/mol. The van der Waals surface area contributed by atoms with E-state index < -0.39 is 0 Å². The lowest BCUT2D eigenvalue weighted by Gasteiger charge is -2.17. The first-order valence-electron chi connectivity index (χ1n) is 6.18. The van der Waals surface area contributed by atoms with Gasteiger partial charge in [0.1, 0.15) is 6.26 Å². The van der Waals surface area contributed by atoms with Crippen molar-refractivity contribution >= 4 is 5.91 Å². The maximum absolute atomic E-state index is 11.8. The molecule has 1 amide bonds. The zero-order valence-corrected chi connectivity index (χ0v) is 10.1. The predicted molar refractivity (Wildman–Crippen MR) is 63.2 cm³/mol. The van der Waals surface area contributed by atoms with E-state index in [0.29, 0.717) is 12.6 Å². The lowest BCUT2D eigenvalue weighted by Crippen LogP contribution is -2.45. The highest BCUT2D eigenvalue weighted by Gasteiger charge is 2.20. The van der Waals surface area contributed by atoms with Crippen LogP contribution in [0, 0.1) is 0 Å². The topological polar surface area (TPSA) is 67.2 Å². The van der Waals surface area contributed by atoms with Gasteiger partial charge in [0, 0.05) is 18.7 Å². The number of rotatable bonds is 5. The van der Waals surface area contributed by atoms with Crippen LogP contribution in [0.25, 0.3) is 0 Å². The number of hydrogen-bond donors (Lipinski definition) is 2. The normalized spacial score (nSPS) is 18.2. The number of hydrogen-bond acceptors (Lipinski definition) is 4. The summed E-state index contributed by atoms with van der Waals surface area (Å²) in [4.78, 5) is 11.8. The average Bonchev–Trinajstić information content (AvgIpc) is 2.98. The van der Waals surface area contributed by atoms with Crippen LogP contribution in [0.3, 0.4) is 0 Å². The first kappa shape index (κ1) is 12.1. The fourth-order valence-electron chi connectivity index (χ4n) is 2.08. The summed E-state index contributed by atoms with van der Waals surface area (Å²) >= 11 is 0. The molecule has 17 heavy (non-hydrogen) atoms. The van der Waals surface area contributed by atoms with Crippen LogP contribution in [0.2, 0.25) is 0 Å². The van der Waals surface area contributed by atoms with Crippen molar-refractivity contribution < 1.29 is 9.32 Å². The van der Waals surface area contributed by atoms with E-state index >= 15 is 0 Å². The first-order chi connectivity index (χ1) is 8.25. The Kier molecular flexibility index (Phi) is 4.14. The second kappa shape index (κ2) is 5.82. The van der Waals surface area contributed by atoms with Crippen molar-refractivity contribution in [3.8, 4) is 0 Å². The smallest absolute Gasteiger partial charge is 0.237 e. The van der Waals surface area contributed by atoms with E-state index in [4.69, 9.17) is 4.52 Å². The van der Waals surface area contributed by atoms with Gasteiger partial charge in [0.2, 0.25) is 5.91 Å². The summed E-state index contributed by atoms with van der Waals surface area (Å²) in [6.07, 6.45) is 6.21. The minimum Gasteiger partial charge on any atom is -0.364 e. The molecule has 0 aliphatic heterocycles. The van der Waals surface area contributed by atoms with Crippen molar-refractivity contribution in [3.63, 3.8) is 0 Å². The molecule has 0 aromatic carbocycles. The van der Waals surface area contributed by atoms with Crippen LogP contribution in [-0.2, 0) is 11.3 Å². The van der Waals surface area contributed by atoms with Crippen molar-refractivity contribution in [2.75, 3.05) is 0 Å². The van der Waals surface area contributed by atoms with Gasteiger partial charge in [-0.15, -0.1) is 0 Å². The van der Waals surface area contributed by atoms with Gasteiger partial charge < -0.3 is 15.2 Å². The van der Waals surface area contributed by atoms with E-state index in [-0.39, 0.29) is 11.9 Å². The van der Waals surface area contributed by atoms with E-state index in [1.165, 1.54) is 19.1 Å². The largest absolute Gasteiger partial charge is 0.364 e. The molecule has 2 N–H and O–H groups in total. The summed E-state index contributed by atoms with van der Waals surface area (Å²) in [7, 11) is 0. The Hall–Kier alpha value is -1.36. The second-order valence-corrected chi connectivity index (χ2v) is 4.58. The molecule has 94 valence electrons. The molecule has 1 aromatic heterocycles. The van der Waals surface area contributed by atoms with Gasteiger partial charge in [-0.1, -0.05) is 18.0 Å². The van der Waals surface area contributed by atoms with Crippen LogP contribution < -0.4 is 10.6 Å². The molecule has 0 radical (unpaired) electrons. The number of nitrogens with one attached hydrogen (secondary N) is 2. The third-order valence-corrected chi connectivity index (χ3v) is 3.18. The zero-order chi connectivity index (χ0) is 12.1. The van der Waals surface area contributed by atoms with Crippen LogP contribution in [0.4, 0.5) is 0 Å². The minimum absolute atomic E-state index is 0.0698. The molecule has 1 fully saturated rings. The maximum Gasteiger partial charge on any atom is 0.237 e. The van der Waals surface area contributed by atoms with Crippen LogP contribution >= 0.6 is 0 Å². The third-order valence-electron chi connectivity index (χ3n) is 3.18. The lowest BCUT2D eigenvalue weighted by atomic mass is 10.2. The first-order valence-corrected chi connectivity index (χ1v) is 6.18. The third kappa shape index (κ3) is 3.56. The number of aromatic nitrogens is 1. The minimum atomic E-state index is -0.202. The molecule has 1 aliphatic carbocycles. The van der Waals surface area contributed by atoms with Gasteiger partial charge in [-0.05, 0) is 19.8 Å². The zero-order valence-electron chi connectivity index (χ0n) is 10.1. The summed E-state index contributed by atoms with van der Waals surface area (Å²) < 4.78 is 4.72. The van der Waals surface area contributed by atoms with Crippen LogP contribution in [0.5, 0.6) is 0 Å². The Bertz CT molecular complexity index is 345. The summed E-state index contributed by atoms with van der Waals surface area (Å²) in [5.41, 5.74) is 0.811. The molecule has 1 aromatic rings. The van der Waals surface area contributed by atoms with Crippen molar-refractivity contribution in [2.45, 2.75) is 51.2 Å². The van der Waals surface area contributed by atoms with E-state index in [1.807, 2.05) is 6.92 Å². The molecule has 2 rings (SSSR count). The molecule has 5 nitrogen and oxygen atoms in total. The van der Waals surface area contributed by atoms with E-state index in [1.54, 1.807) is 6.07 Å². The summed E-state index contributed by atoms with van der Waals surface area (Å²) in [6.45, 7) is 2.42. The number of nitrogens with zero attached hydrogens (tertiary/aromatic N) is 1. The number of carbonyl (C=O) groups is 1. The van der Waals surface area contributed by atoms with Crippen molar-refractivity contribution in [1.82, 2.24) is 15.8 Å². The average molecular weight is 237 g/mol. The Balaban J connectivity index is 1.71. The standard InChI is InChI=1S/C12H19N3O2/c1-9(13-8-11-6-7-17-15-11)12(16)14-10-4-2-3-5-10/h6-7,9-10,13H,2-5,8H2,1H3,(H,14,16). The summed E-state index contributed by atoms with van der Waals surface area (Å²) in [6, 6.07) is 1.96. The van der Waals surface area contributed by atoms with E-state index in [2.05, 4.69) is 15.8 Å². The van der Waals surface area contributed by atoms with Gasteiger partial charge in [0.05, 0.1) is 11.7 Å². The fraction of sp³-hybridized carbons (Fsp3) is 0.667. The van der Waals surface area contributed by atoms with Crippen LogP contribution in [0.15, 0.2) is 16.9 Å². The maximum atomic E-state index is 11.8.